The van der Waals surface area contributed by atoms with E-state index in [1.54, 1.807) is 0 Å². The Kier molecular flexibility index (Phi) is 8.51. The maximum Gasteiger partial charge on any atom is 0.404 e. The van der Waals surface area contributed by atoms with Crippen molar-refractivity contribution in [2.45, 2.75) is 65.7 Å². The Labute approximate surface area is 180 Å². The van der Waals surface area contributed by atoms with Crippen molar-refractivity contribution in [1.29, 1.82) is 0 Å². The van der Waals surface area contributed by atoms with Crippen LogP contribution in [0, 0.1) is 17.3 Å². The number of nitrogens with two attached hydrogens (primary N) is 1. The van der Waals surface area contributed by atoms with Gasteiger partial charge in [0.25, 0.3) is 0 Å². The van der Waals surface area contributed by atoms with E-state index in [9.17, 15) is 4.79 Å². The Morgan fingerprint density at radius 2 is 1.90 bits per heavy atom. The minimum Gasteiger partial charge on any atom is -0.448 e. The first-order valence-electron chi connectivity index (χ1n) is 9.47. The molecule has 1 atom stereocenters. The highest BCUT2D eigenvalue weighted by Gasteiger charge is 2.36. The van der Waals surface area contributed by atoms with Crippen molar-refractivity contribution < 1.29 is 14.0 Å². The molecule has 9 heteroatoms. The van der Waals surface area contributed by atoms with Crippen LogP contribution < -0.4 is 11.1 Å². The monoisotopic (exact) mass is 440 g/mol. The number of nitrogens with zero attached hydrogens (tertiary/aromatic N) is 2. The zero-order valence-corrected chi connectivity index (χ0v) is 20.4. The second kappa shape index (κ2) is 9.79. The maximum absolute atomic E-state index is 11.0. The summed E-state index contributed by atoms with van der Waals surface area (Å²) in [6.45, 7) is 17.3. The lowest BCUT2D eigenvalue weighted by atomic mass is 9.87. The van der Waals surface area contributed by atoms with Crippen LogP contribution in [-0.4, -0.2) is 43.6 Å². The smallest absolute Gasteiger partial charge is 0.404 e. The Morgan fingerprint density at radius 1 is 1.28 bits per heavy atom. The van der Waals surface area contributed by atoms with Gasteiger partial charge in [-0.3, -0.25) is 0 Å². The number of halogens is 1. The molecule has 0 radical (unpaired) electrons. The number of hydrogen-bond acceptors (Lipinski definition) is 6. The molecule has 1 heterocycles. The topological polar surface area (TPSA) is 99.4 Å². The second-order valence-electron chi connectivity index (χ2n) is 9.43. The molecule has 1 aromatic rings. The number of hydrogen-bond donors (Lipinski definition) is 2. The molecule has 1 unspecified atom stereocenters. The lowest BCUT2D eigenvalue weighted by Gasteiger charge is -2.35. The van der Waals surface area contributed by atoms with Crippen molar-refractivity contribution in [2.75, 3.05) is 18.5 Å². The molecular formula is C20H33ClN4O3Si. The van der Waals surface area contributed by atoms with Gasteiger partial charge in [0.2, 0.25) is 0 Å². The van der Waals surface area contributed by atoms with E-state index in [0.29, 0.717) is 18.0 Å². The molecule has 3 N–H and O–H groups in total. The van der Waals surface area contributed by atoms with E-state index in [-0.39, 0.29) is 28.3 Å². The lowest BCUT2D eigenvalue weighted by molar-refractivity contribution is 0.132. The van der Waals surface area contributed by atoms with Crippen LogP contribution in [0.5, 0.6) is 0 Å². The summed E-state index contributed by atoms with van der Waals surface area (Å²) in [7, 11) is -1.89. The predicted octanol–water partition coefficient (Wildman–Crippen LogP) is 4.43. The standard InChI is InChI=1S/C20H33ClN4O3Si/c1-19(2,3)15(12-27-18(22)26)25-17-14(16(21)23-13-24-17)10-9-11-28-29(7,8)20(4,5)6/h13,15H,11-12H2,1-8H3,(H2,22,26)(H,23,24,25). The molecule has 0 saturated carbocycles. The van der Waals surface area contributed by atoms with Crippen LogP contribution in [0.2, 0.25) is 23.3 Å². The molecule has 29 heavy (non-hydrogen) atoms. The Balaban J connectivity index is 3.04. The van der Waals surface area contributed by atoms with Crippen molar-refractivity contribution in [3.63, 3.8) is 0 Å². The van der Waals surface area contributed by atoms with Gasteiger partial charge in [0.15, 0.2) is 8.32 Å². The first-order chi connectivity index (χ1) is 13.1. The first kappa shape index (κ1) is 25.2. The van der Waals surface area contributed by atoms with E-state index in [4.69, 9.17) is 26.5 Å². The summed E-state index contributed by atoms with van der Waals surface area (Å²) in [4.78, 5) is 19.3. The summed E-state index contributed by atoms with van der Waals surface area (Å²) in [5.41, 5.74) is 5.34. The molecule has 1 rings (SSSR count). The van der Waals surface area contributed by atoms with Gasteiger partial charge in [-0.2, -0.15) is 0 Å². The van der Waals surface area contributed by atoms with E-state index in [1.807, 2.05) is 20.8 Å². The third-order valence-corrected chi connectivity index (χ3v) is 9.84. The van der Waals surface area contributed by atoms with Gasteiger partial charge in [-0.15, -0.1) is 0 Å². The van der Waals surface area contributed by atoms with Crippen LogP contribution in [0.1, 0.15) is 47.1 Å². The largest absolute Gasteiger partial charge is 0.448 e. The van der Waals surface area contributed by atoms with Crippen molar-refractivity contribution in [2.24, 2.45) is 11.1 Å². The van der Waals surface area contributed by atoms with Gasteiger partial charge in [0.1, 0.15) is 29.5 Å². The molecule has 0 aromatic carbocycles. The number of amides is 1. The highest BCUT2D eigenvalue weighted by molar-refractivity contribution is 6.74. The summed E-state index contributed by atoms with van der Waals surface area (Å²) in [5.74, 6) is 6.52. The minimum atomic E-state index is -1.89. The molecule has 0 fully saturated rings. The molecule has 0 aliphatic heterocycles. The van der Waals surface area contributed by atoms with Crippen LogP contribution in [0.3, 0.4) is 0 Å². The van der Waals surface area contributed by atoms with E-state index in [2.05, 4.69) is 61.0 Å². The number of carbonyl (C=O) groups excluding carboxylic acids is 1. The van der Waals surface area contributed by atoms with E-state index < -0.39 is 14.4 Å². The summed E-state index contributed by atoms with van der Waals surface area (Å²) in [5, 5.41) is 3.61. The fourth-order valence-corrected chi connectivity index (χ4v) is 3.03. The molecule has 1 aromatic heterocycles. The molecule has 0 spiro atoms. The number of primary amides is 1. The quantitative estimate of drug-likeness (QED) is 0.385. The van der Waals surface area contributed by atoms with Gasteiger partial charge in [0.05, 0.1) is 12.6 Å². The van der Waals surface area contributed by atoms with Gasteiger partial charge < -0.3 is 20.2 Å². The highest BCUT2D eigenvalue weighted by Crippen LogP contribution is 2.36. The number of rotatable bonds is 6. The number of nitrogens with one attached hydrogen (secondary N) is 1. The predicted molar refractivity (Wildman–Crippen MR) is 119 cm³/mol. The third-order valence-electron chi connectivity index (χ3n) is 5.07. The summed E-state index contributed by atoms with van der Waals surface area (Å²) < 4.78 is 11.1. The van der Waals surface area contributed by atoms with Crippen LogP contribution in [-0.2, 0) is 9.16 Å². The Morgan fingerprint density at radius 3 is 2.41 bits per heavy atom. The summed E-state index contributed by atoms with van der Waals surface area (Å²) in [6, 6.07) is -0.259. The SMILES string of the molecule is CC(C)(C)C(COC(N)=O)Nc1ncnc(Cl)c1C#CCO[Si](C)(C)C(C)(C)C. The van der Waals surface area contributed by atoms with E-state index >= 15 is 0 Å². The van der Waals surface area contributed by atoms with Gasteiger partial charge in [-0.05, 0) is 23.5 Å². The van der Waals surface area contributed by atoms with Gasteiger partial charge in [0, 0.05) is 0 Å². The average molecular weight is 441 g/mol. The first-order valence-corrected chi connectivity index (χ1v) is 12.8. The Bertz CT molecular complexity index is 777. The van der Waals surface area contributed by atoms with Gasteiger partial charge in [-0.25, -0.2) is 14.8 Å². The molecule has 7 nitrogen and oxygen atoms in total. The zero-order valence-electron chi connectivity index (χ0n) is 18.6. The van der Waals surface area contributed by atoms with Crippen molar-refractivity contribution in [3.8, 4) is 11.8 Å². The molecule has 1 amide bonds. The van der Waals surface area contributed by atoms with Crippen LogP contribution >= 0.6 is 11.6 Å². The van der Waals surface area contributed by atoms with Crippen LogP contribution in [0.4, 0.5) is 10.6 Å². The Hall–Kier alpha value is -1.82. The lowest BCUT2D eigenvalue weighted by Crippen LogP contribution is -2.40. The molecule has 0 bridgehead atoms. The van der Waals surface area contributed by atoms with E-state index in [1.165, 1.54) is 6.33 Å². The highest BCUT2D eigenvalue weighted by atomic mass is 35.5. The maximum atomic E-state index is 11.0. The normalized spacial score (nSPS) is 13.3. The van der Waals surface area contributed by atoms with Crippen LogP contribution in [0.15, 0.2) is 6.33 Å². The fourth-order valence-electron chi connectivity index (χ4n) is 1.98. The number of aromatic nitrogens is 2. The molecule has 0 aliphatic carbocycles. The molecule has 0 saturated heterocycles. The van der Waals surface area contributed by atoms with Crippen molar-refractivity contribution in [1.82, 2.24) is 9.97 Å². The summed E-state index contributed by atoms with van der Waals surface area (Å²) in [6.07, 6.45) is 0.529. The fraction of sp³-hybridized carbons (Fsp3) is 0.650. The van der Waals surface area contributed by atoms with E-state index in [0.717, 1.165) is 0 Å². The zero-order chi connectivity index (χ0) is 22.5. The molecule has 0 aliphatic rings. The average Bonchev–Trinajstić information content (AvgIpc) is 2.54. The number of ether oxygens (including phenoxy) is 1. The van der Waals surface area contributed by atoms with Gasteiger partial charge >= 0.3 is 6.09 Å². The molecule has 162 valence electrons. The molecular weight excluding hydrogens is 408 g/mol. The van der Waals surface area contributed by atoms with Crippen molar-refractivity contribution >= 4 is 31.8 Å². The second-order valence-corrected chi connectivity index (χ2v) is 14.6. The van der Waals surface area contributed by atoms with Crippen molar-refractivity contribution in [3.05, 3.63) is 17.0 Å². The minimum absolute atomic E-state index is 0.0851. The summed E-state index contributed by atoms with van der Waals surface area (Å²) >= 11 is 6.26. The number of anilines is 1. The number of carbonyl (C=O) groups is 1. The third kappa shape index (κ3) is 7.84. The van der Waals surface area contributed by atoms with Crippen LogP contribution in [0.25, 0.3) is 0 Å². The van der Waals surface area contributed by atoms with Gasteiger partial charge in [-0.1, -0.05) is 65.0 Å².